The number of rotatable bonds is 0. The molecule has 1 aliphatic heterocycles. The molecule has 3 rings (SSSR count). The topological polar surface area (TPSA) is 86.3 Å². The number of hydrogen-bond acceptors (Lipinski definition) is 5. The molecule has 0 saturated heterocycles. The Bertz CT molecular complexity index is 750. The summed E-state index contributed by atoms with van der Waals surface area (Å²) in [5, 5.41) is 0.795. The largest absolute Gasteiger partial charge is 0.444 e. The van der Waals surface area contributed by atoms with Gasteiger partial charge in [-0.1, -0.05) is 0 Å². The lowest BCUT2D eigenvalue weighted by atomic mass is 10.2. The van der Waals surface area contributed by atoms with Crippen molar-refractivity contribution in [1.29, 1.82) is 0 Å². The van der Waals surface area contributed by atoms with E-state index in [0.29, 0.717) is 25.5 Å². The van der Waals surface area contributed by atoms with E-state index in [4.69, 9.17) is 10.5 Å². The number of carbonyl (C=O) groups excluding carboxylic acids is 1. The van der Waals surface area contributed by atoms with Crippen LogP contribution in [0.15, 0.2) is 10.8 Å². The number of ether oxygens (including phenoxy) is 1. The van der Waals surface area contributed by atoms with Crippen LogP contribution in [0.2, 0.25) is 0 Å². The molecule has 0 saturated carbocycles. The summed E-state index contributed by atoms with van der Waals surface area (Å²) in [4.78, 5) is 22.3. The van der Waals surface area contributed by atoms with Gasteiger partial charge >= 0.3 is 6.09 Å². The Morgan fingerprint density at radius 1 is 1.36 bits per heavy atom. The molecule has 0 fully saturated rings. The molecule has 2 aromatic rings. The number of anilines is 1. The molecule has 0 spiro atoms. The summed E-state index contributed by atoms with van der Waals surface area (Å²) in [5.74, 6) is 0.433. The van der Waals surface area contributed by atoms with E-state index in [1.165, 1.54) is 6.33 Å². The van der Waals surface area contributed by atoms with Gasteiger partial charge in [0.2, 0.25) is 0 Å². The summed E-state index contributed by atoms with van der Waals surface area (Å²) in [7, 11) is 0. The maximum Gasteiger partial charge on any atom is 0.410 e. The summed E-state index contributed by atoms with van der Waals surface area (Å²) in [6, 6.07) is 0. The number of hydrogen-bond donors (Lipinski definition) is 1. The van der Waals surface area contributed by atoms with E-state index in [2.05, 4.69) is 30.5 Å². The van der Waals surface area contributed by atoms with Crippen LogP contribution in [0.4, 0.5) is 10.6 Å². The number of nitrogen functional groups attached to an aromatic ring is 1. The van der Waals surface area contributed by atoms with E-state index in [0.717, 1.165) is 21.2 Å². The van der Waals surface area contributed by atoms with Gasteiger partial charge in [-0.05, 0) is 36.7 Å². The minimum Gasteiger partial charge on any atom is -0.444 e. The van der Waals surface area contributed by atoms with E-state index in [1.54, 1.807) is 4.90 Å². The fourth-order valence-electron chi connectivity index (χ4n) is 2.55. The minimum atomic E-state index is -0.506. The Morgan fingerprint density at radius 2 is 2.09 bits per heavy atom. The first kappa shape index (κ1) is 15.1. The first-order valence-electron chi connectivity index (χ1n) is 7.03. The van der Waals surface area contributed by atoms with E-state index in [-0.39, 0.29) is 6.09 Å². The Morgan fingerprint density at radius 3 is 2.77 bits per heavy atom. The van der Waals surface area contributed by atoms with Crippen molar-refractivity contribution in [2.45, 2.75) is 39.5 Å². The third-order valence-electron chi connectivity index (χ3n) is 3.50. The molecule has 0 bridgehead atoms. The van der Waals surface area contributed by atoms with Gasteiger partial charge in [0.25, 0.3) is 0 Å². The molecule has 7 nitrogen and oxygen atoms in total. The number of carbonyl (C=O) groups is 1. The molecular formula is C14H18BrN5O2. The first-order valence-corrected chi connectivity index (χ1v) is 7.82. The standard InChI is InChI=1S/C14H18BrN5O2/c1-14(2,3)22-13(21)19-4-5-20-8(6-19)10(15)9-11(16)17-7-18-12(9)20/h7H,4-6H2,1-3H3,(H2,16,17,18). The van der Waals surface area contributed by atoms with E-state index < -0.39 is 5.60 Å². The molecule has 1 aliphatic rings. The normalized spacial score (nSPS) is 15.0. The van der Waals surface area contributed by atoms with Gasteiger partial charge in [-0.3, -0.25) is 0 Å². The lowest BCUT2D eigenvalue weighted by Gasteiger charge is -2.31. The number of halogens is 1. The van der Waals surface area contributed by atoms with Crippen molar-refractivity contribution in [2.24, 2.45) is 0 Å². The second-order valence-corrected chi connectivity index (χ2v) is 7.06. The van der Waals surface area contributed by atoms with Crippen molar-refractivity contribution in [1.82, 2.24) is 19.4 Å². The number of aromatic nitrogens is 3. The zero-order valence-electron chi connectivity index (χ0n) is 12.8. The Labute approximate surface area is 136 Å². The highest BCUT2D eigenvalue weighted by Crippen LogP contribution is 2.35. The van der Waals surface area contributed by atoms with E-state index in [9.17, 15) is 4.79 Å². The van der Waals surface area contributed by atoms with Crippen molar-refractivity contribution < 1.29 is 9.53 Å². The van der Waals surface area contributed by atoms with Crippen LogP contribution in [0, 0.1) is 0 Å². The molecule has 0 unspecified atom stereocenters. The van der Waals surface area contributed by atoms with Crippen molar-refractivity contribution in [3.05, 3.63) is 16.5 Å². The SMILES string of the molecule is CC(C)(C)OC(=O)N1CCn2c(c(Br)c3c(N)ncnc32)C1. The van der Waals surface area contributed by atoms with Gasteiger partial charge in [0, 0.05) is 13.1 Å². The second kappa shape index (κ2) is 5.12. The average Bonchev–Trinajstić information content (AvgIpc) is 2.71. The maximum atomic E-state index is 12.2. The highest BCUT2D eigenvalue weighted by molar-refractivity contribution is 9.10. The van der Waals surface area contributed by atoms with Crippen LogP contribution < -0.4 is 5.73 Å². The third-order valence-corrected chi connectivity index (χ3v) is 4.35. The smallest absolute Gasteiger partial charge is 0.410 e. The minimum absolute atomic E-state index is 0.310. The molecule has 22 heavy (non-hydrogen) atoms. The summed E-state index contributed by atoms with van der Waals surface area (Å²) < 4.78 is 8.35. The highest BCUT2D eigenvalue weighted by atomic mass is 79.9. The Hall–Kier alpha value is -1.83. The third kappa shape index (κ3) is 2.51. The van der Waals surface area contributed by atoms with Crippen LogP contribution in [0.1, 0.15) is 26.5 Å². The quantitative estimate of drug-likeness (QED) is 0.772. The van der Waals surface area contributed by atoms with Gasteiger partial charge in [-0.25, -0.2) is 14.8 Å². The second-order valence-electron chi connectivity index (χ2n) is 6.27. The number of amides is 1. The fraction of sp³-hybridized carbons (Fsp3) is 0.500. The molecule has 0 aliphatic carbocycles. The van der Waals surface area contributed by atoms with Crippen molar-refractivity contribution in [2.75, 3.05) is 12.3 Å². The van der Waals surface area contributed by atoms with E-state index >= 15 is 0 Å². The molecule has 118 valence electrons. The lowest BCUT2D eigenvalue weighted by molar-refractivity contribution is 0.0200. The fourth-order valence-corrected chi connectivity index (χ4v) is 3.27. The average molecular weight is 368 g/mol. The molecular weight excluding hydrogens is 350 g/mol. The first-order chi connectivity index (χ1) is 10.3. The number of fused-ring (bicyclic) bond motifs is 3. The van der Waals surface area contributed by atoms with Crippen LogP contribution in [0.25, 0.3) is 11.0 Å². The summed E-state index contributed by atoms with van der Waals surface area (Å²) in [5.41, 5.74) is 7.19. The molecule has 0 aromatic carbocycles. The Kier molecular flexibility index (Phi) is 3.51. The van der Waals surface area contributed by atoms with Gasteiger partial charge < -0.3 is 19.9 Å². The number of nitrogens with two attached hydrogens (primary N) is 1. The predicted octanol–water partition coefficient (Wildman–Crippen LogP) is 2.53. The van der Waals surface area contributed by atoms with Crippen molar-refractivity contribution in [3.63, 3.8) is 0 Å². The van der Waals surface area contributed by atoms with Crippen molar-refractivity contribution in [3.8, 4) is 0 Å². The van der Waals surface area contributed by atoms with Crippen LogP contribution in [-0.4, -0.2) is 37.7 Å². The zero-order valence-corrected chi connectivity index (χ0v) is 14.3. The van der Waals surface area contributed by atoms with Crippen LogP contribution in [-0.2, 0) is 17.8 Å². The lowest BCUT2D eigenvalue weighted by Crippen LogP contribution is -2.41. The van der Waals surface area contributed by atoms with Crippen LogP contribution in [0.5, 0.6) is 0 Å². The van der Waals surface area contributed by atoms with Crippen LogP contribution >= 0.6 is 15.9 Å². The van der Waals surface area contributed by atoms with Crippen molar-refractivity contribution >= 4 is 38.9 Å². The van der Waals surface area contributed by atoms with E-state index in [1.807, 2.05) is 20.8 Å². The molecule has 0 radical (unpaired) electrons. The molecule has 8 heteroatoms. The van der Waals surface area contributed by atoms with Gasteiger partial charge in [0.1, 0.15) is 23.4 Å². The molecule has 3 heterocycles. The predicted molar refractivity (Wildman–Crippen MR) is 86.3 cm³/mol. The summed E-state index contributed by atoms with van der Waals surface area (Å²) in [6.07, 6.45) is 1.15. The van der Waals surface area contributed by atoms with Crippen LogP contribution in [0.3, 0.4) is 0 Å². The van der Waals surface area contributed by atoms with Gasteiger partial charge in [-0.15, -0.1) is 0 Å². The summed E-state index contributed by atoms with van der Waals surface area (Å²) >= 11 is 3.57. The number of nitrogens with zero attached hydrogens (tertiary/aromatic N) is 4. The molecule has 2 aromatic heterocycles. The highest BCUT2D eigenvalue weighted by Gasteiger charge is 2.29. The summed E-state index contributed by atoms with van der Waals surface area (Å²) in [6.45, 7) is 7.24. The molecule has 1 amide bonds. The van der Waals surface area contributed by atoms with Gasteiger partial charge in [0.05, 0.1) is 22.1 Å². The Balaban J connectivity index is 1.95. The maximum absolute atomic E-state index is 12.2. The monoisotopic (exact) mass is 367 g/mol. The van der Waals surface area contributed by atoms with Gasteiger partial charge in [-0.2, -0.15) is 0 Å². The van der Waals surface area contributed by atoms with Gasteiger partial charge in [0.15, 0.2) is 0 Å². The molecule has 2 N–H and O–H groups in total. The zero-order chi connectivity index (χ0) is 16.1. The molecule has 0 atom stereocenters.